The maximum Gasteiger partial charge on any atom is 0.352 e. The predicted octanol–water partition coefficient (Wildman–Crippen LogP) is 6.49. The zero-order valence-corrected chi connectivity index (χ0v) is 19.2. The molecule has 1 heterocycles. The van der Waals surface area contributed by atoms with E-state index in [1.807, 2.05) is 0 Å². The summed E-state index contributed by atoms with van der Waals surface area (Å²) in [7, 11) is 0. The van der Waals surface area contributed by atoms with Gasteiger partial charge < -0.3 is 13.9 Å². The van der Waals surface area contributed by atoms with Crippen LogP contribution >= 0.6 is 11.6 Å². The first-order valence-electron chi connectivity index (χ1n) is 10.2. The van der Waals surface area contributed by atoms with Gasteiger partial charge in [-0.15, -0.1) is 0 Å². The van der Waals surface area contributed by atoms with Crippen molar-refractivity contribution in [1.82, 2.24) is 0 Å². The van der Waals surface area contributed by atoms with Gasteiger partial charge in [-0.2, -0.15) is 8.78 Å². The van der Waals surface area contributed by atoms with Gasteiger partial charge in [0.1, 0.15) is 11.3 Å². The van der Waals surface area contributed by atoms with Crippen molar-refractivity contribution in [2.24, 2.45) is 0 Å². The zero-order valence-electron chi connectivity index (χ0n) is 18.4. The van der Waals surface area contributed by atoms with Gasteiger partial charge in [0.2, 0.25) is 29.1 Å². The molecule has 3 aromatic carbocycles. The fourth-order valence-electron chi connectivity index (χ4n) is 3.46. The molecule has 0 aliphatic carbocycles. The van der Waals surface area contributed by atoms with Crippen LogP contribution in [0.5, 0.6) is 11.5 Å². The number of fused-ring (bicyclic) bond motifs is 1. The highest BCUT2D eigenvalue weighted by Crippen LogP contribution is 2.31. The van der Waals surface area contributed by atoms with Crippen molar-refractivity contribution < 1.29 is 40.6 Å². The molecule has 0 saturated carbocycles. The largest absolute Gasteiger partial charge is 0.473 e. The lowest BCUT2D eigenvalue weighted by Gasteiger charge is -2.16. The number of benzene rings is 3. The lowest BCUT2D eigenvalue weighted by Crippen LogP contribution is -2.29. The second-order valence-corrected chi connectivity index (χ2v) is 8.07. The van der Waals surface area contributed by atoms with Crippen molar-refractivity contribution in [1.29, 1.82) is 0 Å². The Balaban J connectivity index is 1.60. The van der Waals surface area contributed by atoms with E-state index >= 15 is 0 Å². The Morgan fingerprint density at radius 1 is 0.917 bits per heavy atom. The minimum atomic E-state index is -2.36. The molecule has 0 fully saturated rings. The molecule has 0 bridgehead atoms. The maximum absolute atomic E-state index is 13.8. The average Bonchev–Trinajstić information content (AvgIpc) is 2.85. The number of aryl methyl sites for hydroxylation is 1. The molecular weight excluding hydrogens is 511 g/mol. The first-order chi connectivity index (χ1) is 17.0. The summed E-state index contributed by atoms with van der Waals surface area (Å²) in [5.41, 5.74) is 0.906. The topological polar surface area (TPSA) is 65.7 Å². The summed E-state index contributed by atoms with van der Waals surface area (Å²) in [5.74, 6) is -14.2. The van der Waals surface area contributed by atoms with E-state index in [1.165, 1.54) is 18.2 Å². The van der Waals surface area contributed by atoms with E-state index in [9.17, 15) is 31.5 Å². The second-order valence-electron chi connectivity index (χ2n) is 7.63. The molecule has 0 amide bonds. The Morgan fingerprint density at radius 2 is 1.50 bits per heavy atom. The van der Waals surface area contributed by atoms with E-state index in [2.05, 4.69) is 4.74 Å². The molecule has 36 heavy (non-hydrogen) atoms. The van der Waals surface area contributed by atoms with Crippen molar-refractivity contribution in [3.63, 3.8) is 0 Å². The van der Waals surface area contributed by atoms with Gasteiger partial charge >= 0.3 is 11.6 Å². The van der Waals surface area contributed by atoms with E-state index in [-0.39, 0.29) is 11.3 Å². The Kier molecular flexibility index (Phi) is 6.73. The summed E-state index contributed by atoms with van der Waals surface area (Å²) in [5, 5.41) is 1.02. The van der Waals surface area contributed by atoms with E-state index in [0.717, 1.165) is 6.92 Å². The van der Waals surface area contributed by atoms with Crippen LogP contribution in [0.1, 0.15) is 12.5 Å². The minimum absolute atomic E-state index is 0.0776. The molecule has 0 radical (unpaired) electrons. The molecule has 0 N–H and O–H groups in total. The fourth-order valence-corrected chi connectivity index (χ4v) is 3.59. The van der Waals surface area contributed by atoms with Crippen molar-refractivity contribution in [3.8, 4) is 22.6 Å². The third-order valence-electron chi connectivity index (χ3n) is 5.29. The van der Waals surface area contributed by atoms with Gasteiger partial charge in [-0.05, 0) is 49.2 Å². The molecular formula is C25H14ClF5O5. The molecule has 1 atom stereocenters. The molecule has 0 aliphatic rings. The number of rotatable bonds is 5. The van der Waals surface area contributed by atoms with Crippen LogP contribution in [0.4, 0.5) is 22.0 Å². The first-order valence-corrected chi connectivity index (χ1v) is 10.6. The van der Waals surface area contributed by atoms with Crippen LogP contribution in [-0.4, -0.2) is 12.1 Å². The number of ether oxygens (including phenoxy) is 2. The SMILES string of the molecule is Cc1c(-c2ccc(Cl)cc2)c(=O)oc2cc(OC(=O)C(C)Oc3c(F)c(F)c(F)c(F)c3F)ccc12. The fraction of sp³-hybridized carbons (Fsp3) is 0.120. The molecule has 4 rings (SSSR count). The van der Waals surface area contributed by atoms with E-state index in [4.69, 9.17) is 20.8 Å². The van der Waals surface area contributed by atoms with E-state index < -0.39 is 52.5 Å². The highest BCUT2D eigenvalue weighted by molar-refractivity contribution is 6.30. The Bertz CT molecular complexity index is 1540. The van der Waals surface area contributed by atoms with Gasteiger partial charge in [0.25, 0.3) is 0 Å². The highest BCUT2D eigenvalue weighted by Gasteiger charge is 2.30. The molecule has 11 heteroatoms. The highest BCUT2D eigenvalue weighted by atomic mass is 35.5. The number of hydrogen-bond donors (Lipinski definition) is 0. The zero-order chi connectivity index (χ0) is 26.3. The first kappa shape index (κ1) is 25.2. The van der Waals surface area contributed by atoms with E-state index in [1.54, 1.807) is 31.2 Å². The summed E-state index contributed by atoms with van der Waals surface area (Å²) >= 11 is 5.90. The van der Waals surface area contributed by atoms with Crippen LogP contribution in [-0.2, 0) is 4.79 Å². The molecule has 4 aromatic rings. The van der Waals surface area contributed by atoms with Crippen molar-refractivity contribution >= 4 is 28.5 Å². The number of carbonyl (C=O) groups is 1. The van der Waals surface area contributed by atoms with Gasteiger partial charge in [0, 0.05) is 16.5 Å². The number of hydrogen-bond acceptors (Lipinski definition) is 5. The van der Waals surface area contributed by atoms with E-state index in [0.29, 0.717) is 27.1 Å². The molecule has 1 unspecified atom stereocenters. The standard InChI is InChI=1S/C25H14ClF5O5/c1-10-15-8-7-14(9-16(15)36-25(33)17(10)12-3-5-13(26)6-4-12)35-24(32)11(2)34-23-21(30)19(28)18(27)20(29)22(23)31/h3-9,11H,1-2H3. The molecule has 5 nitrogen and oxygen atoms in total. The number of halogens is 6. The van der Waals surface area contributed by atoms with Crippen molar-refractivity contribution in [3.05, 3.63) is 92.6 Å². The average molecular weight is 525 g/mol. The van der Waals surface area contributed by atoms with Crippen LogP contribution in [0.2, 0.25) is 5.02 Å². The molecule has 0 spiro atoms. The van der Waals surface area contributed by atoms with Gasteiger partial charge in [-0.25, -0.2) is 22.8 Å². The molecule has 1 aromatic heterocycles. The normalized spacial score (nSPS) is 12.0. The van der Waals surface area contributed by atoms with Crippen molar-refractivity contribution in [2.45, 2.75) is 20.0 Å². The van der Waals surface area contributed by atoms with Crippen molar-refractivity contribution in [2.75, 3.05) is 0 Å². The second kappa shape index (κ2) is 9.62. The van der Waals surface area contributed by atoms with Gasteiger partial charge in [0.15, 0.2) is 11.9 Å². The van der Waals surface area contributed by atoms with Gasteiger partial charge in [-0.3, -0.25) is 0 Å². The maximum atomic E-state index is 13.8. The van der Waals surface area contributed by atoms with Crippen LogP contribution in [0, 0.1) is 36.0 Å². The molecule has 186 valence electrons. The van der Waals surface area contributed by atoms with Crippen LogP contribution in [0.15, 0.2) is 51.7 Å². The number of carbonyl (C=O) groups excluding carboxylic acids is 1. The smallest absolute Gasteiger partial charge is 0.352 e. The quantitative estimate of drug-likeness (QED) is 0.0745. The summed E-state index contributed by atoms with van der Waals surface area (Å²) in [6, 6.07) is 10.7. The Hall–Kier alpha value is -3.92. The monoisotopic (exact) mass is 524 g/mol. The molecule has 0 saturated heterocycles. The number of esters is 1. The van der Waals surface area contributed by atoms with Gasteiger partial charge in [-0.1, -0.05) is 23.7 Å². The van der Waals surface area contributed by atoms with Gasteiger partial charge in [0.05, 0.1) is 5.56 Å². The Morgan fingerprint density at radius 3 is 2.11 bits per heavy atom. The van der Waals surface area contributed by atoms with Crippen LogP contribution < -0.4 is 15.1 Å². The third-order valence-corrected chi connectivity index (χ3v) is 5.54. The summed E-state index contributed by atoms with van der Waals surface area (Å²) in [6.45, 7) is 2.69. The predicted molar refractivity (Wildman–Crippen MR) is 120 cm³/mol. The summed E-state index contributed by atoms with van der Waals surface area (Å²) in [4.78, 5) is 25.0. The lowest BCUT2D eigenvalue weighted by molar-refractivity contribution is -0.141. The lowest BCUT2D eigenvalue weighted by atomic mass is 10.00. The summed E-state index contributed by atoms with van der Waals surface area (Å²) in [6.07, 6.45) is -1.77. The molecule has 0 aliphatic heterocycles. The summed E-state index contributed by atoms with van der Waals surface area (Å²) < 4.78 is 82.7. The third kappa shape index (κ3) is 4.51. The Labute approximate surface area is 204 Å². The van der Waals surface area contributed by atoms with Crippen LogP contribution in [0.3, 0.4) is 0 Å². The van der Waals surface area contributed by atoms with Crippen LogP contribution in [0.25, 0.3) is 22.1 Å². The minimum Gasteiger partial charge on any atom is -0.473 e.